The summed E-state index contributed by atoms with van der Waals surface area (Å²) in [5.74, 6) is -2.33. The molecule has 9 heteroatoms. The van der Waals surface area contributed by atoms with E-state index in [2.05, 4.69) is 15.6 Å². The number of aliphatic carboxylic acids is 1. The van der Waals surface area contributed by atoms with Crippen LogP contribution in [0.15, 0.2) is 52.9 Å². The van der Waals surface area contributed by atoms with Crippen LogP contribution in [0.5, 0.6) is 0 Å². The van der Waals surface area contributed by atoms with E-state index in [1.54, 1.807) is 6.07 Å². The Morgan fingerprint density at radius 3 is 2.49 bits per heavy atom. The quantitative estimate of drug-likeness (QED) is 0.303. The summed E-state index contributed by atoms with van der Waals surface area (Å²) in [5, 5.41) is 15.5. The number of thiazole rings is 1. The summed E-state index contributed by atoms with van der Waals surface area (Å²) in [5.41, 5.74) is 4.30. The van der Waals surface area contributed by atoms with Gasteiger partial charge in [0.25, 0.3) is 0 Å². The maximum absolute atomic E-state index is 13.0. The lowest BCUT2D eigenvalue weighted by molar-refractivity contribution is -0.146. The molecule has 2 aromatic carbocycles. The SMILES string of the molecule is Cc1cccc(C)c1NC(=O)CSc1nc2ccc(NC(=O)[C@@H]3[C@H](C(=O)O)[C@H]4C=C[C@H]3C4)cc2s1. The predicted molar refractivity (Wildman–Crippen MR) is 139 cm³/mol. The number of carbonyl (C=O) groups is 3. The van der Waals surface area contributed by atoms with Crippen molar-refractivity contribution in [3.63, 3.8) is 0 Å². The maximum Gasteiger partial charge on any atom is 0.307 e. The Balaban J connectivity index is 1.23. The molecule has 2 amide bonds. The van der Waals surface area contributed by atoms with Crippen LogP contribution in [-0.2, 0) is 14.4 Å². The van der Waals surface area contributed by atoms with Crippen LogP contribution < -0.4 is 10.6 Å². The van der Waals surface area contributed by atoms with E-state index in [0.717, 1.165) is 37.8 Å². The van der Waals surface area contributed by atoms with Crippen molar-refractivity contribution >= 4 is 62.5 Å². The Hall–Kier alpha value is -3.17. The van der Waals surface area contributed by atoms with Crippen molar-refractivity contribution in [3.8, 4) is 0 Å². The Labute approximate surface area is 211 Å². The zero-order valence-corrected chi connectivity index (χ0v) is 20.9. The van der Waals surface area contributed by atoms with E-state index in [1.807, 2.05) is 56.3 Å². The molecule has 2 aliphatic carbocycles. The molecule has 180 valence electrons. The maximum atomic E-state index is 13.0. The van der Waals surface area contributed by atoms with E-state index in [0.29, 0.717) is 5.69 Å². The first kappa shape index (κ1) is 23.6. The number of aryl methyl sites for hydroxylation is 2. The van der Waals surface area contributed by atoms with Gasteiger partial charge in [-0.15, -0.1) is 11.3 Å². The zero-order valence-electron chi connectivity index (χ0n) is 19.3. The van der Waals surface area contributed by atoms with Crippen molar-refractivity contribution in [2.75, 3.05) is 16.4 Å². The summed E-state index contributed by atoms with van der Waals surface area (Å²) < 4.78 is 1.66. The standard InChI is InChI=1S/C26H25N3O4S2/c1-13-4-3-5-14(2)23(13)29-20(30)12-34-26-28-18-9-8-17(11-19(18)35-26)27-24(31)21-15-6-7-16(10-15)22(21)25(32)33/h3-9,11,15-16,21-22H,10,12H2,1-2H3,(H,27,31)(H,29,30)(H,32,33)/t15-,16-,21-,22+/m0/s1. The molecule has 3 aromatic rings. The van der Waals surface area contributed by atoms with Gasteiger partial charge in [0.15, 0.2) is 4.34 Å². The Morgan fingerprint density at radius 2 is 1.77 bits per heavy atom. The monoisotopic (exact) mass is 507 g/mol. The first-order chi connectivity index (χ1) is 16.8. The minimum atomic E-state index is -0.914. The van der Waals surface area contributed by atoms with Gasteiger partial charge in [-0.3, -0.25) is 14.4 Å². The number of aromatic nitrogens is 1. The van der Waals surface area contributed by atoms with Crippen molar-refractivity contribution in [2.24, 2.45) is 23.7 Å². The van der Waals surface area contributed by atoms with Gasteiger partial charge in [-0.05, 0) is 61.4 Å². The number of allylic oxidation sites excluding steroid dienone is 2. The molecule has 1 saturated carbocycles. The fourth-order valence-electron chi connectivity index (χ4n) is 5.10. The topological polar surface area (TPSA) is 108 Å². The molecular weight excluding hydrogens is 482 g/mol. The molecule has 1 fully saturated rings. The molecular formula is C26H25N3O4S2. The lowest BCUT2D eigenvalue weighted by Gasteiger charge is -2.23. The van der Waals surface area contributed by atoms with Gasteiger partial charge in [0.05, 0.1) is 27.8 Å². The minimum absolute atomic E-state index is 0.0224. The zero-order chi connectivity index (χ0) is 24.7. The molecule has 0 radical (unpaired) electrons. The van der Waals surface area contributed by atoms with Crippen LogP contribution in [0.25, 0.3) is 10.2 Å². The normalized spacial score (nSPS) is 22.5. The number of hydrogen-bond donors (Lipinski definition) is 3. The number of hydrogen-bond acceptors (Lipinski definition) is 6. The van der Waals surface area contributed by atoms with E-state index >= 15 is 0 Å². The van der Waals surface area contributed by atoms with Crippen molar-refractivity contribution < 1.29 is 19.5 Å². The summed E-state index contributed by atoms with van der Waals surface area (Å²) in [6, 6.07) is 11.4. The summed E-state index contributed by atoms with van der Waals surface area (Å²) in [6.45, 7) is 3.94. The molecule has 7 nitrogen and oxygen atoms in total. The number of thioether (sulfide) groups is 1. The number of fused-ring (bicyclic) bond motifs is 3. The molecule has 0 saturated heterocycles. The summed E-state index contributed by atoms with van der Waals surface area (Å²) in [7, 11) is 0. The Bertz CT molecular complexity index is 1350. The Morgan fingerprint density at radius 1 is 1.06 bits per heavy atom. The second-order valence-corrected chi connectivity index (χ2v) is 11.3. The molecule has 2 bridgehead atoms. The molecule has 0 aliphatic heterocycles. The molecule has 1 heterocycles. The summed E-state index contributed by atoms with van der Waals surface area (Å²) in [6.07, 6.45) is 4.62. The molecule has 1 aromatic heterocycles. The summed E-state index contributed by atoms with van der Waals surface area (Å²) in [4.78, 5) is 41.8. The molecule has 35 heavy (non-hydrogen) atoms. The number of anilines is 2. The number of rotatable bonds is 7. The van der Waals surface area contributed by atoms with Crippen LogP contribution >= 0.6 is 23.1 Å². The van der Waals surface area contributed by atoms with E-state index < -0.39 is 17.8 Å². The van der Waals surface area contributed by atoms with Gasteiger partial charge in [0, 0.05) is 11.4 Å². The highest BCUT2D eigenvalue weighted by Gasteiger charge is 2.51. The van der Waals surface area contributed by atoms with E-state index in [-0.39, 0.29) is 29.4 Å². The highest BCUT2D eigenvalue weighted by Crippen LogP contribution is 2.48. The van der Waals surface area contributed by atoms with Crippen LogP contribution in [-0.4, -0.2) is 33.6 Å². The average molecular weight is 508 g/mol. The first-order valence-electron chi connectivity index (χ1n) is 11.4. The third-order valence-corrected chi connectivity index (χ3v) is 8.92. The molecule has 3 N–H and O–H groups in total. The van der Waals surface area contributed by atoms with Gasteiger partial charge in [-0.2, -0.15) is 0 Å². The fraction of sp³-hybridized carbons (Fsp3) is 0.308. The second kappa shape index (κ2) is 9.47. The van der Waals surface area contributed by atoms with Crippen molar-refractivity contribution in [2.45, 2.75) is 24.6 Å². The van der Waals surface area contributed by atoms with Crippen molar-refractivity contribution in [1.29, 1.82) is 0 Å². The second-order valence-electron chi connectivity index (χ2n) is 9.09. The van der Waals surface area contributed by atoms with E-state index in [9.17, 15) is 19.5 Å². The number of benzene rings is 2. The van der Waals surface area contributed by atoms with Crippen LogP contribution in [0.2, 0.25) is 0 Å². The average Bonchev–Trinajstić information content (AvgIpc) is 3.54. The smallest absolute Gasteiger partial charge is 0.307 e. The third kappa shape index (κ3) is 4.70. The molecule has 0 unspecified atom stereocenters. The van der Waals surface area contributed by atoms with Gasteiger partial charge >= 0.3 is 5.97 Å². The Kier molecular flexibility index (Phi) is 6.37. The molecule has 2 aliphatic rings. The van der Waals surface area contributed by atoms with Crippen LogP contribution in [0.4, 0.5) is 11.4 Å². The number of amides is 2. The highest BCUT2D eigenvalue weighted by atomic mass is 32.2. The predicted octanol–water partition coefficient (Wildman–Crippen LogP) is 5.11. The van der Waals surface area contributed by atoms with Crippen molar-refractivity contribution in [1.82, 2.24) is 4.98 Å². The lowest BCUT2D eigenvalue weighted by atomic mass is 9.82. The summed E-state index contributed by atoms with van der Waals surface area (Å²) >= 11 is 2.83. The fourth-order valence-corrected chi connectivity index (χ4v) is 7.01. The third-order valence-electron chi connectivity index (χ3n) is 6.76. The number of nitrogens with zero attached hydrogens (tertiary/aromatic N) is 1. The number of carboxylic acids is 1. The number of para-hydroxylation sites is 1. The van der Waals surface area contributed by atoms with Crippen molar-refractivity contribution in [3.05, 3.63) is 59.7 Å². The van der Waals surface area contributed by atoms with Gasteiger partial charge in [-0.25, -0.2) is 4.98 Å². The molecule has 0 spiro atoms. The highest BCUT2D eigenvalue weighted by molar-refractivity contribution is 8.01. The minimum Gasteiger partial charge on any atom is -0.481 e. The molecule has 5 rings (SSSR count). The van der Waals surface area contributed by atoms with Crippen LogP contribution in [0.3, 0.4) is 0 Å². The number of nitrogens with one attached hydrogen (secondary N) is 2. The van der Waals surface area contributed by atoms with Gasteiger partial charge in [0.1, 0.15) is 0 Å². The van der Waals surface area contributed by atoms with Gasteiger partial charge in [0.2, 0.25) is 11.8 Å². The lowest BCUT2D eigenvalue weighted by Crippen LogP contribution is -2.36. The number of carbonyl (C=O) groups excluding carboxylic acids is 2. The van der Waals surface area contributed by atoms with Gasteiger partial charge in [-0.1, -0.05) is 42.1 Å². The first-order valence-corrected chi connectivity index (χ1v) is 13.2. The largest absolute Gasteiger partial charge is 0.481 e. The molecule has 4 atom stereocenters. The number of carboxylic acid groups (broad SMARTS) is 1. The van der Waals surface area contributed by atoms with Crippen LogP contribution in [0.1, 0.15) is 17.5 Å². The van der Waals surface area contributed by atoms with E-state index in [1.165, 1.54) is 23.1 Å². The van der Waals surface area contributed by atoms with Crippen LogP contribution in [0, 0.1) is 37.5 Å². The van der Waals surface area contributed by atoms with E-state index in [4.69, 9.17) is 0 Å². The van der Waals surface area contributed by atoms with Gasteiger partial charge < -0.3 is 15.7 Å².